The molecule has 0 unspecified atom stereocenters. The molecule has 0 fully saturated rings. The van der Waals surface area contributed by atoms with Crippen LogP contribution in [0.15, 0.2) is 36.5 Å². The molecular weight excluding hydrogens is 264 g/mol. The molecular formula is C17H22N2O2. The Bertz CT molecular complexity index is 563. The van der Waals surface area contributed by atoms with Crippen molar-refractivity contribution in [3.63, 3.8) is 0 Å². The standard InChI is InChI=1S/C17H22N2O2/c1-4-14-6-5-7-19-17(14)12-18-11-13-8-15(20-2)10-16(9-13)21-3/h5-10,18H,4,11-12H2,1-3H3. The third-order valence-corrected chi connectivity index (χ3v) is 3.40. The van der Waals surface area contributed by atoms with Crippen LogP contribution < -0.4 is 14.8 Å². The molecule has 21 heavy (non-hydrogen) atoms. The lowest BCUT2D eigenvalue weighted by Crippen LogP contribution is -2.15. The van der Waals surface area contributed by atoms with E-state index in [1.165, 1.54) is 5.56 Å². The Morgan fingerprint density at radius 2 is 1.76 bits per heavy atom. The van der Waals surface area contributed by atoms with Gasteiger partial charge in [-0.05, 0) is 35.7 Å². The van der Waals surface area contributed by atoms with Crippen LogP contribution in [-0.2, 0) is 19.5 Å². The summed E-state index contributed by atoms with van der Waals surface area (Å²) in [5.74, 6) is 1.61. The fourth-order valence-electron chi connectivity index (χ4n) is 2.25. The number of nitrogens with one attached hydrogen (secondary N) is 1. The fourth-order valence-corrected chi connectivity index (χ4v) is 2.25. The molecule has 0 spiro atoms. The van der Waals surface area contributed by atoms with Crippen molar-refractivity contribution < 1.29 is 9.47 Å². The number of ether oxygens (including phenoxy) is 2. The van der Waals surface area contributed by atoms with Crippen molar-refractivity contribution in [1.82, 2.24) is 10.3 Å². The van der Waals surface area contributed by atoms with E-state index in [1.54, 1.807) is 14.2 Å². The van der Waals surface area contributed by atoms with E-state index in [9.17, 15) is 0 Å². The molecule has 1 N–H and O–H groups in total. The molecule has 0 radical (unpaired) electrons. The molecule has 0 aliphatic carbocycles. The van der Waals surface area contributed by atoms with Crippen LogP contribution in [0.25, 0.3) is 0 Å². The van der Waals surface area contributed by atoms with Crippen molar-refractivity contribution in [3.8, 4) is 11.5 Å². The van der Waals surface area contributed by atoms with Crippen molar-refractivity contribution in [2.45, 2.75) is 26.4 Å². The van der Waals surface area contributed by atoms with Crippen LogP contribution in [0.2, 0.25) is 0 Å². The van der Waals surface area contributed by atoms with Gasteiger partial charge in [-0.1, -0.05) is 13.0 Å². The summed E-state index contributed by atoms with van der Waals surface area (Å²) in [6.07, 6.45) is 2.84. The van der Waals surface area contributed by atoms with Gasteiger partial charge < -0.3 is 14.8 Å². The number of methoxy groups -OCH3 is 2. The van der Waals surface area contributed by atoms with Gasteiger partial charge in [0.15, 0.2) is 0 Å². The van der Waals surface area contributed by atoms with Gasteiger partial charge in [0, 0.05) is 25.4 Å². The van der Waals surface area contributed by atoms with Gasteiger partial charge in [0.05, 0.1) is 19.9 Å². The highest BCUT2D eigenvalue weighted by atomic mass is 16.5. The summed E-state index contributed by atoms with van der Waals surface area (Å²) in [4.78, 5) is 4.44. The molecule has 0 atom stereocenters. The van der Waals surface area contributed by atoms with Gasteiger partial charge in [-0.15, -0.1) is 0 Å². The van der Waals surface area contributed by atoms with Gasteiger partial charge in [0.2, 0.25) is 0 Å². The minimum Gasteiger partial charge on any atom is -0.497 e. The van der Waals surface area contributed by atoms with Gasteiger partial charge in [0.1, 0.15) is 11.5 Å². The summed E-state index contributed by atoms with van der Waals surface area (Å²) in [5.41, 5.74) is 3.52. The van der Waals surface area contributed by atoms with E-state index in [0.29, 0.717) is 0 Å². The third-order valence-electron chi connectivity index (χ3n) is 3.40. The minimum absolute atomic E-state index is 0.743. The minimum atomic E-state index is 0.743. The second-order valence-electron chi connectivity index (χ2n) is 4.79. The zero-order chi connectivity index (χ0) is 15.1. The monoisotopic (exact) mass is 286 g/mol. The maximum absolute atomic E-state index is 5.28. The maximum Gasteiger partial charge on any atom is 0.122 e. The Labute approximate surface area is 126 Å². The molecule has 112 valence electrons. The SMILES string of the molecule is CCc1cccnc1CNCc1cc(OC)cc(OC)c1. The topological polar surface area (TPSA) is 43.4 Å². The molecule has 0 bridgehead atoms. The second kappa shape index (κ2) is 7.64. The normalized spacial score (nSPS) is 10.4. The average molecular weight is 286 g/mol. The zero-order valence-electron chi connectivity index (χ0n) is 12.8. The molecule has 0 aliphatic rings. The van der Waals surface area contributed by atoms with E-state index in [1.807, 2.05) is 30.5 Å². The van der Waals surface area contributed by atoms with Crippen LogP contribution in [0.3, 0.4) is 0 Å². The van der Waals surface area contributed by atoms with Crippen molar-refractivity contribution in [2.24, 2.45) is 0 Å². The summed E-state index contributed by atoms with van der Waals surface area (Å²) < 4.78 is 10.6. The van der Waals surface area contributed by atoms with Gasteiger partial charge in [0.25, 0.3) is 0 Å². The summed E-state index contributed by atoms with van der Waals surface area (Å²) in [5, 5.41) is 3.42. The molecule has 2 aromatic rings. The molecule has 0 amide bonds. The third kappa shape index (κ3) is 4.20. The van der Waals surface area contributed by atoms with Crippen LogP contribution in [0.1, 0.15) is 23.7 Å². The van der Waals surface area contributed by atoms with E-state index in [4.69, 9.17) is 9.47 Å². The highest BCUT2D eigenvalue weighted by molar-refractivity contribution is 5.38. The van der Waals surface area contributed by atoms with Crippen LogP contribution in [-0.4, -0.2) is 19.2 Å². The molecule has 4 nitrogen and oxygen atoms in total. The van der Waals surface area contributed by atoms with Crippen molar-refractivity contribution >= 4 is 0 Å². The number of hydrogen-bond acceptors (Lipinski definition) is 4. The first-order valence-corrected chi connectivity index (χ1v) is 7.12. The highest BCUT2D eigenvalue weighted by Crippen LogP contribution is 2.22. The van der Waals surface area contributed by atoms with E-state index >= 15 is 0 Å². The Morgan fingerprint density at radius 1 is 1.05 bits per heavy atom. The first-order chi connectivity index (χ1) is 10.3. The number of aromatic nitrogens is 1. The number of rotatable bonds is 7. The van der Waals surface area contributed by atoms with Crippen molar-refractivity contribution in [1.29, 1.82) is 0 Å². The molecule has 2 rings (SSSR count). The zero-order valence-corrected chi connectivity index (χ0v) is 12.8. The number of pyridine rings is 1. The molecule has 1 heterocycles. The number of aryl methyl sites for hydroxylation is 1. The quantitative estimate of drug-likeness (QED) is 0.850. The predicted molar refractivity (Wildman–Crippen MR) is 83.7 cm³/mol. The summed E-state index contributed by atoms with van der Waals surface area (Å²) in [7, 11) is 3.32. The van der Waals surface area contributed by atoms with E-state index < -0.39 is 0 Å². The fraction of sp³-hybridized carbons (Fsp3) is 0.353. The molecule has 1 aromatic carbocycles. The Balaban J connectivity index is 2.00. The van der Waals surface area contributed by atoms with Crippen molar-refractivity contribution in [3.05, 3.63) is 53.3 Å². The maximum atomic E-state index is 5.28. The van der Waals surface area contributed by atoms with Gasteiger partial charge in [-0.3, -0.25) is 4.98 Å². The Hall–Kier alpha value is -2.07. The van der Waals surface area contributed by atoms with E-state index in [2.05, 4.69) is 23.3 Å². The average Bonchev–Trinajstić information content (AvgIpc) is 2.54. The summed E-state index contributed by atoms with van der Waals surface area (Å²) in [6.45, 7) is 3.64. The highest BCUT2D eigenvalue weighted by Gasteiger charge is 2.04. The smallest absolute Gasteiger partial charge is 0.122 e. The van der Waals surface area contributed by atoms with Crippen LogP contribution >= 0.6 is 0 Å². The molecule has 4 heteroatoms. The van der Waals surface area contributed by atoms with E-state index in [0.717, 1.165) is 42.3 Å². The first kappa shape index (κ1) is 15.3. The largest absolute Gasteiger partial charge is 0.497 e. The number of hydrogen-bond donors (Lipinski definition) is 1. The number of nitrogens with zero attached hydrogens (tertiary/aromatic N) is 1. The van der Waals surface area contributed by atoms with Gasteiger partial charge in [-0.2, -0.15) is 0 Å². The predicted octanol–water partition coefficient (Wildman–Crippen LogP) is 2.95. The number of benzene rings is 1. The molecule has 1 aromatic heterocycles. The van der Waals surface area contributed by atoms with E-state index in [-0.39, 0.29) is 0 Å². The summed E-state index contributed by atoms with van der Waals surface area (Å²) in [6, 6.07) is 9.99. The molecule has 0 saturated carbocycles. The lowest BCUT2D eigenvalue weighted by molar-refractivity contribution is 0.393. The van der Waals surface area contributed by atoms with Crippen LogP contribution in [0.5, 0.6) is 11.5 Å². The van der Waals surface area contributed by atoms with Gasteiger partial charge in [-0.25, -0.2) is 0 Å². The Morgan fingerprint density at radius 3 is 2.38 bits per heavy atom. The van der Waals surface area contributed by atoms with Crippen LogP contribution in [0, 0.1) is 0 Å². The Kier molecular flexibility index (Phi) is 5.58. The molecule has 0 saturated heterocycles. The lowest BCUT2D eigenvalue weighted by Gasteiger charge is -2.10. The van der Waals surface area contributed by atoms with Crippen molar-refractivity contribution in [2.75, 3.05) is 14.2 Å². The molecule has 0 aliphatic heterocycles. The van der Waals surface area contributed by atoms with Gasteiger partial charge >= 0.3 is 0 Å². The summed E-state index contributed by atoms with van der Waals surface area (Å²) >= 11 is 0. The first-order valence-electron chi connectivity index (χ1n) is 7.12. The second-order valence-corrected chi connectivity index (χ2v) is 4.79. The van der Waals surface area contributed by atoms with Crippen LogP contribution in [0.4, 0.5) is 0 Å². The lowest BCUT2D eigenvalue weighted by atomic mass is 10.1.